The molecule has 17 heavy (non-hydrogen) atoms. The minimum atomic E-state index is -0.00504. The van der Waals surface area contributed by atoms with Gasteiger partial charge in [0.1, 0.15) is 11.0 Å². The summed E-state index contributed by atoms with van der Waals surface area (Å²) in [5.41, 5.74) is 5.52. The fourth-order valence-corrected chi connectivity index (χ4v) is 1.73. The molecule has 0 bridgehead atoms. The molecule has 1 aromatic heterocycles. The molecule has 1 heterocycles. The molecule has 0 fully saturated rings. The number of aliphatic hydroxyl groups is 1. The van der Waals surface area contributed by atoms with Crippen LogP contribution < -0.4 is 11.1 Å². The van der Waals surface area contributed by atoms with Crippen molar-refractivity contribution in [2.75, 3.05) is 17.7 Å². The van der Waals surface area contributed by atoms with E-state index in [0.717, 1.165) is 0 Å². The van der Waals surface area contributed by atoms with Crippen molar-refractivity contribution in [1.82, 2.24) is 9.97 Å². The molecule has 0 aromatic carbocycles. The minimum absolute atomic E-state index is 0.00504. The van der Waals surface area contributed by atoms with Crippen molar-refractivity contribution in [3.8, 4) is 0 Å². The van der Waals surface area contributed by atoms with E-state index in [0.29, 0.717) is 17.4 Å². The van der Waals surface area contributed by atoms with Crippen LogP contribution in [0.2, 0.25) is 5.15 Å². The van der Waals surface area contributed by atoms with Gasteiger partial charge in [0.15, 0.2) is 0 Å². The normalized spacial score (nSPS) is 13.5. The second-order valence-corrected chi connectivity index (χ2v) is 5.40. The van der Waals surface area contributed by atoms with Gasteiger partial charge in [-0.05, 0) is 11.8 Å². The molecule has 6 heteroatoms. The van der Waals surface area contributed by atoms with E-state index in [1.54, 1.807) is 6.07 Å². The molecule has 0 amide bonds. The zero-order valence-electron chi connectivity index (χ0n) is 10.4. The van der Waals surface area contributed by atoms with Crippen LogP contribution in [0.15, 0.2) is 6.07 Å². The Labute approximate surface area is 106 Å². The van der Waals surface area contributed by atoms with Crippen LogP contribution in [0.1, 0.15) is 27.2 Å². The van der Waals surface area contributed by atoms with Crippen LogP contribution >= 0.6 is 11.6 Å². The lowest BCUT2D eigenvalue weighted by molar-refractivity contribution is 0.235. The van der Waals surface area contributed by atoms with E-state index in [-0.39, 0.29) is 24.0 Å². The molecule has 0 saturated heterocycles. The Morgan fingerprint density at radius 3 is 2.59 bits per heavy atom. The van der Waals surface area contributed by atoms with Crippen LogP contribution in [0.3, 0.4) is 0 Å². The summed E-state index contributed by atoms with van der Waals surface area (Å²) in [6.45, 7) is 6.38. The molecule has 0 aliphatic rings. The Balaban J connectivity index is 2.86. The average Bonchev–Trinajstić information content (AvgIpc) is 2.13. The second kappa shape index (κ2) is 5.51. The maximum atomic E-state index is 9.06. The van der Waals surface area contributed by atoms with Gasteiger partial charge in [0, 0.05) is 18.7 Å². The summed E-state index contributed by atoms with van der Waals surface area (Å²) in [7, 11) is 0. The predicted octanol–water partition coefficient (Wildman–Crippen LogP) is 1.92. The summed E-state index contributed by atoms with van der Waals surface area (Å²) >= 11 is 5.80. The van der Waals surface area contributed by atoms with E-state index >= 15 is 0 Å². The van der Waals surface area contributed by atoms with Crippen LogP contribution in [-0.4, -0.2) is 27.7 Å². The lowest BCUT2D eigenvalue weighted by atomic mass is 9.85. The van der Waals surface area contributed by atoms with Gasteiger partial charge >= 0.3 is 0 Å². The number of rotatable bonds is 4. The molecule has 0 aliphatic heterocycles. The zero-order chi connectivity index (χ0) is 13.1. The van der Waals surface area contributed by atoms with Crippen LogP contribution in [0, 0.1) is 5.41 Å². The molecule has 1 atom stereocenters. The number of anilines is 2. The lowest BCUT2D eigenvalue weighted by Gasteiger charge is -2.31. The highest BCUT2D eigenvalue weighted by Gasteiger charge is 2.24. The number of hydrogen-bond donors (Lipinski definition) is 3. The molecule has 96 valence electrons. The molecule has 0 aliphatic carbocycles. The van der Waals surface area contributed by atoms with Crippen molar-refractivity contribution in [2.24, 2.45) is 5.41 Å². The SMILES string of the molecule is CC(C)(C)C(CCO)Nc1cc(Cl)nc(N)n1. The Bertz CT molecular complexity index is 358. The third kappa shape index (κ3) is 4.36. The fourth-order valence-electron chi connectivity index (χ4n) is 1.54. The van der Waals surface area contributed by atoms with Gasteiger partial charge in [0.25, 0.3) is 0 Å². The fraction of sp³-hybridized carbons (Fsp3) is 0.636. The van der Waals surface area contributed by atoms with E-state index in [1.165, 1.54) is 0 Å². The van der Waals surface area contributed by atoms with E-state index in [4.69, 9.17) is 22.4 Å². The second-order valence-electron chi connectivity index (χ2n) is 5.01. The predicted molar refractivity (Wildman–Crippen MR) is 70.0 cm³/mol. The van der Waals surface area contributed by atoms with Crippen molar-refractivity contribution in [2.45, 2.75) is 33.2 Å². The molecule has 4 N–H and O–H groups in total. The van der Waals surface area contributed by atoms with Crippen molar-refractivity contribution in [3.05, 3.63) is 11.2 Å². The highest BCUT2D eigenvalue weighted by atomic mass is 35.5. The molecule has 5 nitrogen and oxygen atoms in total. The zero-order valence-corrected chi connectivity index (χ0v) is 11.1. The third-order valence-electron chi connectivity index (χ3n) is 2.50. The van der Waals surface area contributed by atoms with Gasteiger partial charge in [0.2, 0.25) is 5.95 Å². The van der Waals surface area contributed by atoms with Crippen LogP contribution in [0.4, 0.5) is 11.8 Å². The maximum absolute atomic E-state index is 9.06. The van der Waals surface area contributed by atoms with Gasteiger partial charge < -0.3 is 16.2 Å². The number of nitrogens with two attached hydrogens (primary N) is 1. The largest absolute Gasteiger partial charge is 0.396 e. The van der Waals surface area contributed by atoms with Gasteiger partial charge in [-0.3, -0.25) is 0 Å². The van der Waals surface area contributed by atoms with Gasteiger partial charge in [-0.1, -0.05) is 32.4 Å². The minimum Gasteiger partial charge on any atom is -0.396 e. The number of aromatic nitrogens is 2. The molecule has 0 saturated carbocycles. The molecular formula is C11H19ClN4O. The first kappa shape index (κ1) is 14.0. The summed E-state index contributed by atoms with van der Waals surface area (Å²) in [5, 5.41) is 12.6. The summed E-state index contributed by atoms with van der Waals surface area (Å²) in [6, 6.07) is 1.70. The highest BCUT2D eigenvalue weighted by Crippen LogP contribution is 2.25. The van der Waals surface area contributed by atoms with E-state index < -0.39 is 0 Å². The molecular weight excluding hydrogens is 240 g/mol. The number of nitrogen functional groups attached to an aromatic ring is 1. The molecule has 0 spiro atoms. The number of hydrogen-bond acceptors (Lipinski definition) is 5. The van der Waals surface area contributed by atoms with Gasteiger partial charge in [-0.15, -0.1) is 0 Å². The first-order valence-electron chi connectivity index (χ1n) is 5.50. The third-order valence-corrected chi connectivity index (χ3v) is 2.69. The highest BCUT2D eigenvalue weighted by molar-refractivity contribution is 6.29. The smallest absolute Gasteiger partial charge is 0.223 e. The first-order chi connectivity index (χ1) is 7.82. The Kier molecular flexibility index (Phi) is 4.54. The summed E-state index contributed by atoms with van der Waals surface area (Å²) in [6.07, 6.45) is 0.630. The van der Waals surface area contributed by atoms with Crippen molar-refractivity contribution < 1.29 is 5.11 Å². The van der Waals surface area contributed by atoms with Crippen molar-refractivity contribution in [1.29, 1.82) is 0 Å². The standard InChI is InChI=1S/C11H19ClN4O/c1-11(2,3)7(4-5-17)14-9-6-8(12)15-10(13)16-9/h6-7,17H,4-5H2,1-3H3,(H3,13,14,15,16). The van der Waals surface area contributed by atoms with Crippen LogP contribution in [-0.2, 0) is 0 Å². The van der Waals surface area contributed by atoms with Gasteiger partial charge in [-0.2, -0.15) is 4.98 Å². The van der Waals surface area contributed by atoms with Crippen LogP contribution in [0.25, 0.3) is 0 Å². The number of nitrogens with one attached hydrogen (secondary N) is 1. The summed E-state index contributed by atoms with van der Waals surface area (Å²) in [5.74, 6) is 0.715. The van der Waals surface area contributed by atoms with Gasteiger partial charge in [-0.25, -0.2) is 4.98 Å². The maximum Gasteiger partial charge on any atom is 0.223 e. The summed E-state index contributed by atoms with van der Waals surface area (Å²) in [4.78, 5) is 7.85. The Morgan fingerprint density at radius 1 is 1.47 bits per heavy atom. The molecule has 0 radical (unpaired) electrons. The average molecular weight is 259 g/mol. The van der Waals surface area contributed by atoms with E-state index in [9.17, 15) is 0 Å². The topological polar surface area (TPSA) is 84.1 Å². The molecule has 1 unspecified atom stereocenters. The Morgan fingerprint density at radius 2 is 2.12 bits per heavy atom. The van der Waals surface area contributed by atoms with Crippen molar-refractivity contribution in [3.63, 3.8) is 0 Å². The summed E-state index contributed by atoms with van der Waals surface area (Å²) < 4.78 is 0. The number of halogens is 1. The quantitative estimate of drug-likeness (QED) is 0.719. The Hall–Kier alpha value is -1.07. The van der Waals surface area contributed by atoms with E-state index in [2.05, 4.69) is 36.1 Å². The number of aliphatic hydroxyl groups excluding tert-OH is 1. The van der Waals surface area contributed by atoms with Gasteiger partial charge in [0.05, 0.1) is 0 Å². The molecule has 1 aromatic rings. The monoisotopic (exact) mass is 258 g/mol. The first-order valence-corrected chi connectivity index (χ1v) is 5.88. The molecule has 1 rings (SSSR count). The van der Waals surface area contributed by atoms with E-state index in [1.807, 2.05) is 0 Å². The number of nitrogens with zero attached hydrogens (tertiary/aromatic N) is 2. The lowest BCUT2D eigenvalue weighted by Crippen LogP contribution is -2.35. The van der Waals surface area contributed by atoms with Crippen LogP contribution in [0.5, 0.6) is 0 Å². The van der Waals surface area contributed by atoms with Crippen molar-refractivity contribution >= 4 is 23.4 Å².